The Balaban J connectivity index is -0.00000000200. The SMILES string of the molecule is O.O.O.[OH-].[OH-].[O]=[U+2]=[O]. The summed E-state index contributed by atoms with van der Waals surface area (Å²) in [6.45, 7) is 0. The first-order valence-corrected chi connectivity index (χ1v) is 3.81. The fraction of sp³-hybridized carbons (Fsp3) is 0. The fourth-order valence-corrected chi connectivity index (χ4v) is 0. The van der Waals surface area contributed by atoms with Gasteiger partial charge in [0.2, 0.25) is 0 Å². The second kappa shape index (κ2) is 147. The fourth-order valence-electron chi connectivity index (χ4n) is 0. The molecule has 0 aromatic carbocycles. The zero-order valence-corrected chi connectivity index (χ0v) is 7.87. The van der Waals surface area contributed by atoms with Gasteiger partial charge in [0.1, 0.15) is 0 Å². The van der Waals surface area contributed by atoms with E-state index in [1.807, 2.05) is 0 Å². The Hall–Kier alpha value is 0.452. The molecule has 0 aliphatic carbocycles. The second-order valence-electron chi connectivity index (χ2n) is 0.0833. The molecule has 0 aliphatic rings. The van der Waals surface area contributed by atoms with E-state index in [1.54, 1.807) is 0 Å². The first-order chi connectivity index (χ1) is 1.41. The maximum absolute atomic E-state index is 8.58. The Kier molecular flexibility index (Phi) is 1440. The van der Waals surface area contributed by atoms with Gasteiger partial charge in [0.15, 0.2) is 0 Å². The topological polar surface area (TPSA) is 189 Å². The third-order valence-corrected chi connectivity index (χ3v) is 0. The molecule has 0 fully saturated rings. The third-order valence-electron chi connectivity index (χ3n) is 0. The molecule has 0 aromatic rings. The van der Waals surface area contributed by atoms with Crippen molar-refractivity contribution in [3.63, 3.8) is 0 Å². The van der Waals surface area contributed by atoms with Crippen molar-refractivity contribution in [3.05, 3.63) is 0 Å². The molecule has 7 nitrogen and oxygen atoms in total. The van der Waals surface area contributed by atoms with Gasteiger partial charge in [0.25, 0.3) is 0 Å². The zero-order chi connectivity index (χ0) is 2.71. The molecule has 0 heterocycles. The first kappa shape index (κ1) is 78.1. The van der Waals surface area contributed by atoms with E-state index in [0.717, 1.165) is 0 Å². The van der Waals surface area contributed by atoms with E-state index in [-0.39, 0.29) is 27.4 Å². The van der Waals surface area contributed by atoms with Crippen molar-refractivity contribution in [1.82, 2.24) is 0 Å². The van der Waals surface area contributed by atoms with Crippen LogP contribution < -0.4 is 0 Å². The summed E-state index contributed by atoms with van der Waals surface area (Å²) >= 11 is -2.51. The van der Waals surface area contributed by atoms with Crippen molar-refractivity contribution in [2.45, 2.75) is 0 Å². The molecule has 0 bridgehead atoms. The Labute approximate surface area is 59.8 Å². The van der Waals surface area contributed by atoms with Crippen LogP contribution in [-0.2, 0) is 4.47 Å². The molecule has 0 amide bonds. The predicted molar refractivity (Wildman–Crippen MR) is 16.1 cm³/mol. The molecule has 8 heteroatoms. The molecule has 8 N–H and O–H groups in total. The molecule has 0 saturated heterocycles. The summed E-state index contributed by atoms with van der Waals surface area (Å²) in [7, 11) is 0. The van der Waals surface area contributed by atoms with Crippen LogP contribution in [0, 0.1) is 27.8 Å². The van der Waals surface area contributed by atoms with Crippen molar-refractivity contribution < 1.29 is 59.7 Å². The van der Waals surface area contributed by atoms with E-state index in [9.17, 15) is 0 Å². The van der Waals surface area contributed by atoms with Crippen molar-refractivity contribution in [2.24, 2.45) is 0 Å². The summed E-state index contributed by atoms with van der Waals surface area (Å²) in [5.74, 6) is 0. The molecule has 0 atom stereocenters. The summed E-state index contributed by atoms with van der Waals surface area (Å²) in [6, 6.07) is 0. The molecular formula is H8O7U. The molecular weight excluding hydrogens is 350 g/mol. The Morgan fingerprint density at radius 2 is 0.750 bits per heavy atom. The minimum absolute atomic E-state index is 0. The van der Waals surface area contributed by atoms with Gasteiger partial charge in [-0.1, -0.05) is 0 Å². The van der Waals surface area contributed by atoms with Gasteiger partial charge in [0.05, 0.1) is 0 Å². The zero-order valence-electron chi connectivity index (χ0n) is 3.71. The molecule has 54 valence electrons. The maximum atomic E-state index is 8.58. The van der Waals surface area contributed by atoms with Crippen molar-refractivity contribution in [2.75, 3.05) is 0 Å². The molecule has 0 saturated carbocycles. The van der Waals surface area contributed by atoms with Gasteiger partial charge in [-0.15, -0.1) is 0 Å². The van der Waals surface area contributed by atoms with Crippen LogP contribution in [0.1, 0.15) is 0 Å². The van der Waals surface area contributed by atoms with Crippen LogP contribution >= 0.6 is 0 Å². The molecule has 0 radical (unpaired) electrons. The Morgan fingerprint density at radius 3 is 0.750 bits per heavy atom. The average molecular weight is 358 g/mol. The molecule has 0 aliphatic heterocycles. The molecule has 0 unspecified atom stereocenters. The summed E-state index contributed by atoms with van der Waals surface area (Å²) in [6.07, 6.45) is 0. The predicted octanol–water partition coefficient (Wildman–Crippen LogP) is -3.07. The van der Waals surface area contributed by atoms with E-state index in [4.69, 9.17) is 4.47 Å². The van der Waals surface area contributed by atoms with Crippen LogP contribution in [0.4, 0.5) is 0 Å². The van der Waals surface area contributed by atoms with Gasteiger partial charge in [0, 0.05) is 0 Å². The van der Waals surface area contributed by atoms with Gasteiger partial charge in [-0.05, 0) is 0 Å². The van der Waals surface area contributed by atoms with Crippen LogP contribution in [0.5, 0.6) is 0 Å². The van der Waals surface area contributed by atoms with Gasteiger partial charge >= 0.3 is 32.3 Å². The van der Waals surface area contributed by atoms with E-state index >= 15 is 0 Å². The van der Waals surface area contributed by atoms with Crippen LogP contribution in [0.15, 0.2) is 0 Å². The van der Waals surface area contributed by atoms with Crippen LogP contribution in [-0.4, -0.2) is 27.4 Å². The van der Waals surface area contributed by atoms with Crippen LogP contribution in [0.2, 0.25) is 0 Å². The quantitative estimate of drug-likeness (QED) is 0.444. The van der Waals surface area contributed by atoms with Gasteiger partial charge in [-0.2, -0.15) is 0 Å². The van der Waals surface area contributed by atoms with Gasteiger partial charge in [-0.3, -0.25) is 0 Å². The van der Waals surface area contributed by atoms with Crippen molar-refractivity contribution in [3.8, 4) is 0 Å². The number of hydrogen-bond donors (Lipinski definition) is 0. The van der Waals surface area contributed by atoms with Crippen molar-refractivity contribution in [1.29, 1.82) is 0 Å². The van der Waals surface area contributed by atoms with Gasteiger partial charge < -0.3 is 27.4 Å². The minimum atomic E-state index is -2.51. The Morgan fingerprint density at radius 1 is 0.750 bits per heavy atom. The average Bonchev–Trinajstić information content (AvgIpc) is 0.918. The van der Waals surface area contributed by atoms with E-state index in [0.29, 0.717) is 0 Å². The summed E-state index contributed by atoms with van der Waals surface area (Å²) in [4.78, 5) is 0. The standard InChI is InChI=1S/5H2O.2O.U/h5*1H2;;;/q;;;;;;;+2/p-2. The number of hydrogen-bond acceptors (Lipinski definition) is 4. The molecule has 0 aromatic heterocycles. The van der Waals surface area contributed by atoms with E-state index in [1.165, 1.54) is 0 Å². The van der Waals surface area contributed by atoms with E-state index in [2.05, 4.69) is 0 Å². The summed E-state index contributed by atoms with van der Waals surface area (Å²) in [5, 5.41) is 0. The second-order valence-corrected chi connectivity index (χ2v) is 0.777. The normalized spacial score (nSPS) is 1.00. The molecule has 0 rings (SSSR count). The third kappa shape index (κ3) is 939. The van der Waals surface area contributed by atoms with Crippen LogP contribution in [0.25, 0.3) is 0 Å². The van der Waals surface area contributed by atoms with Gasteiger partial charge in [-0.25, -0.2) is 0 Å². The van der Waals surface area contributed by atoms with E-state index < -0.39 is 27.8 Å². The van der Waals surface area contributed by atoms with Crippen LogP contribution in [0.3, 0.4) is 0 Å². The van der Waals surface area contributed by atoms with Crippen molar-refractivity contribution >= 4 is 0 Å². The molecule has 0 spiro atoms. The summed E-state index contributed by atoms with van der Waals surface area (Å²) < 4.78 is 17.2. The monoisotopic (exact) mass is 358 g/mol. The summed E-state index contributed by atoms with van der Waals surface area (Å²) in [5.41, 5.74) is 0. The number of rotatable bonds is 0. The molecule has 8 heavy (non-hydrogen) atoms. The Bertz CT molecular complexity index is 25.4. The first-order valence-electron chi connectivity index (χ1n) is 0.408.